The number of nitrogens with zero attached hydrogens (tertiary/aromatic N) is 1. The second-order valence-corrected chi connectivity index (χ2v) is 3.59. The van der Waals surface area contributed by atoms with E-state index in [4.69, 9.17) is 5.26 Å². The van der Waals surface area contributed by atoms with Crippen molar-refractivity contribution in [2.45, 2.75) is 26.7 Å². The van der Waals surface area contributed by atoms with E-state index in [2.05, 4.69) is 10.8 Å². The Hall–Kier alpha value is -1.82. The van der Waals surface area contributed by atoms with Gasteiger partial charge >= 0.3 is 5.97 Å². The van der Waals surface area contributed by atoms with Crippen LogP contribution in [0, 0.1) is 18.3 Å². The topological polar surface area (TPSA) is 50.1 Å². The highest BCUT2D eigenvalue weighted by atomic mass is 16.5. The van der Waals surface area contributed by atoms with Crippen molar-refractivity contribution in [3.8, 4) is 6.07 Å². The third-order valence-electron chi connectivity index (χ3n) is 2.75. The summed E-state index contributed by atoms with van der Waals surface area (Å²) in [6, 6.07) is 5.76. The Morgan fingerprint density at radius 1 is 1.50 bits per heavy atom. The number of carbonyl (C=O) groups is 1. The Bertz CT molecular complexity index is 444. The molecule has 84 valence electrons. The molecule has 0 spiro atoms. The third kappa shape index (κ3) is 2.40. The third-order valence-corrected chi connectivity index (χ3v) is 2.75. The summed E-state index contributed by atoms with van der Waals surface area (Å²) in [7, 11) is 1.38. The molecule has 0 saturated heterocycles. The molecule has 0 radical (unpaired) electrons. The molecular weight excluding hydrogens is 202 g/mol. The molecule has 0 bridgehead atoms. The molecule has 16 heavy (non-hydrogen) atoms. The lowest BCUT2D eigenvalue weighted by molar-refractivity contribution is -0.139. The molecule has 1 rings (SSSR count). The number of rotatable bonds is 3. The monoisotopic (exact) mass is 217 g/mol. The average Bonchev–Trinajstić information content (AvgIpc) is 2.31. The van der Waals surface area contributed by atoms with Crippen molar-refractivity contribution in [2.75, 3.05) is 7.11 Å². The molecule has 0 aliphatic rings. The number of carbonyl (C=O) groups excluding carboxylic acids is 1. The Kier molecular flexibility index (Phi) is 4.07. The fraction of sp³-hybridized carbons (Fsp3) is 0.385. The number of hydrogen-bond acceptors (Lipinski definition) is 3. The predicted octanol–water partition coefficient (Wildman–Crippen LogP) is 2.14. The average molecular weight is 217 g/mol. The minimum atomic E-state index is -0.255. The van der Waals surface area contributed by atoms with E-state index in [0.29, 0.717) is 5.56 Å². The second-order valence-electron chi connectivity index (χ2n) is 3.59. The summed E-state index contributed by atoms with van der Waals surface area (Å²) in [5.41, 5.74) is 3.66. The van der Waals surface area contributed by atoms with Crippen molar-refractivity contribution in [2.24, 2.45) is 0 Å². The molecule has 1 aromatic rings. The molecule has 0 amide bonds. The highest BCUT2D eigenvalue weighted by Crippen LogP contribution is 2.19. The lowest BCUT2D eigenvalue weighted by Crippen LogP contribution is -2.07. The van der Waals surface area contributed by atoms with Gasteiger partial charge in [-0.15, -0.1) is 0 Å². The molecule has 0 fully saturated rings. The van der Waals surface area contributed by atoms with Gasteiger partial charge in [-0.3, -0.25) is 4.79 Å². The minimum absolute atomic E-state index is 0.255. The molecule has 0 aliphatic carbocycles. The van der Waals surface area contributed by atoms with E-state index >= 15 is 0 Å². The summed E-state index contributed by atoms with van der Waals surface area (Å²) < 4.78 is 4.64. The first-order valence-corrected chi connectivity index (χ1v) is 5.22. The zero-order valence-corrected chi connectivity index (χ0v) is 9.83. The van der Waals surface area contributed by atoms with Crippen molar-refractivity contribution in [3.05, 3.63) is 34.4 Å². The van der Waals surface area contributed by atoms with Crippen molar-refractivity contribution >= 4 is 5.97 Å². The second kappa shape index (κ2) is 5.32. The van der Waals surface area contributed by atoms with Crippen LogP contribution < -0.4 is 0 Å². The molecule has 0 unspecified atom stereocenters. The molecule has 0 saturated carbocycles. The maximum absolute atomic E-state index is 11.2. The lowest BCUT2D eigenvalue weighted by Gasteiger charge is -2.10. The van der Waals surface area contributed by atoms with Gasteiger partial charge in [0, 0.05) is 0 Å². The molecule has 0 aliphatic heterocycles. The maximum Gasteiger partial charge on any atom is 0.309 e. The fourth-order valence-electron chi connectivity index (χ4n) is 1.78. The van der Waals surface area contributed by atoms with Crippen LogP contribution >= 0.6 is 0 Å². The molecule has 1 aromatic carbocycles. The Morgan fingerprint density at radius 3 is 2.69 bits per heavy atom. The van der Waals surface area contributed by atoms with E-state index in [0.717, 1.165) is 23.1 Å². The summed E-state index contributed by atoms with van der Waals surface area (Å²) >= 11 is 0. The van der Waals surface area contributed by atoms with Crippen LogP contribution in [0.1, 0.15) is 29.2 Å². The summed E-state index contributed by atoms with van der Waals surface area (Å²) in [4.78, 5) is 11.2. The van der Waals surface area contributed by atoms with Gasteiger partial charge in [0.1, 0.15) is 0 Å². The van der Waals surface area contributed by atoms with Gasteiger partial charge < -0.3 is 4.74 Å². The highest BCUT2D eigenvalue weighted by molar-refractivity contribution is 5.73. The zero-order valence-electron chi connectivity index (χ0n) is 9.83. The highest BCUT2D eigenvalue weighted by Gasteiger charge is 2.11. The van der Waals surface area contributed by atoms with Crippen molar-refractivity contribution in [3.63, 3.8) is 0 Å². The molecule has 0 heterocycles. The Balaban J connectivity index is 3.15. The van der Waals surface area contributed by atoms with Crippen molar-refractivity contribution in [1.29, 1.82) is 5.26 Å². The van der Waals surface area contributed by atoms with E-state index in [1.54, 1.807) is 6.07 Å². The molecule has 3 nitrogen and oxygen atoms in total. The zero-order chi connectivity index (χ0) is 12.1. The number of nitriles is 1. The van der Waals surface area contributed by atoms with Gasteiger partial charge in [0.15, 0.2) is 0 Å². The van der Waals surface area contributed by atoms with E-state index in [9.17, 15) is 4.79 Å². The number of methoxy groups -OCH3 is 1. The normalized spacial score (nSPS) is 9.62. The van der Waals surface area contributed by atoms with Crippen molar-refractivity contribution in [1.82, 2.24) is 0 Å². The van der Waals surface area contributed by atoms with E-state index < -0.39 is 0 Å². The number of esters is 1. The minimum Gasteiger partial charge on any atom is -0.469 e. The van der Waals surface area contributed by atoms with E-state index in [-0.39, 0.29) is 12.4 Å². The van der Waals surface area contributed by atoms with Gasteiger partial charge in [-0.05, 0) is 36.1 Å². The Morgan fingerprint density at radius 2 is 2.19 bits per heavy atom. The molecule has 3 heteroatoms. The van der Waals surface area contributed by atoms with Crippen LogP contribution in [0.2, 0.25) is 0 Å². The standard InChI is InChI=1S/C13H15NO2/c1-4-12-9(2)10(7-13(15)16-3)5-6-11(12)8-14/h5-6H,4,7H2,1-3H3. The van der Waals surface area contributed by atoms with Gasteiger partial charge in [0.25, 0.3) is 0 Å². The van der Waals surface area contributed by atoms with Crippen LogP contribution in [0.3, 0.4) is 0 Å². The number of hydrogen-bond donors (Lipinski definition) is 0. The van der Waals surface area contributed by atoms with Crippen LogP contribution in [0.5, 0.6) is 0 Å². The van der Waals surface area contributed by atoms with Gasteiger partial charge in [0.2, 0.25) is 0 Å². The first-order valence-electron chi connectivity index (χ1n) is 5.22. The maximum atomic E-state index is 11.2. The van der Waals surface area contributed by atoms with Gasteiger partial charge in [-0.25, -0.2) is 0 Å². The van der Waals surface area contributed by atoms with Gasteiger partial charge in [-0.1, -0.05) is 13.0 Å². The van der Waals surface area contributed by atoms with Crippen LogP contribution in [0.4, 0.5) is 0 Å². The van der Waals surface area contributed by atoms with E-state index in [1.165, 1.54) is 7.11 Å². The summed E-state index contributed by atoms with van der Waals surface area (Å²) in [6.45, 7) is 3.95. The lowest BCUT2D eigenvalue weighted by atomic mass is 9.94. The molecule has 0 aromatic heterocycles. The van der Waals surface area contributed by atoms with Crippen molar-refractivity contribution < 1.29 is 9.53 Å². The Labute approximate surface area is 95.7 Å². The fourth-order valence-corrected chi connectivity index (χ4v) is 1.78. The summed E-state index contributed by atoms with van der Waals surface area (Å²) in [6.07, 6.45) is 1.06. The quantitative estimate of drug-likeness (QED) is 0.729. The van der Waals surface area contributed by atoms with Gasteiger partial charge in [-0.2, -0.15) is 5.26 Å². The molecule has 0 N–H and O–H groups in total. The molecular formula is C13H15NO2. The predicted molar refractivity (Wildman–Crippen MR) is 61.0 cm³/mol. The molecule has 0 atom stereocenters. The van der Waals surface area contributed by atoms with Crippen LogP contribution in [-0.4, -0.2) is 13.1 Å². The van der Waals surface area contributed by atoms with Gasteiger partial charge in [0.05, 0.1) is 25.2 Å². The first-order chi connectivity index (χ1) is 7.63. The van der Waals surface area contributed by atoms with E-state index in [1.807, 2.05) is 19.9 Å². The van der Waals surface area contributed by atoms with Crippen LogP contribution in [-0.2, 0) is 22.4 Å². The largest absolute Gasteiger partial charge is 0.469 e. The summed E-state index contributed by atoms with van der Waals surface area (Å²) in [5, 5.41) is 8.95. The smallest absolute Gasteiger partial charge is 0.309 e. The SMILES string of the molecule is CCc1c(C#N)ccc(CC(=O)OC)c1C. The summed E-state index contributed by atoms with van der Waals surface area (Å²) in [5.74, 6) is -0.255. The van der Waals surface area contributed by atoms with Crippen LogP contribution in [0.25, 0.3) is 0 Å². The van der Waals surface area contributed by atoms with Crippen LogP contribution in [0.15, 0.2) is 12.1 Å². The number of benzene rings is 1. The first kappa shape index (κ1) is 12.3. The number of ether oxygens (including phenoxy) is 1.